The molecule has 0 saturated carbocycles. The van der Waals surface area contributed by atoms with Crippen LogP contribution in [0.25, 0.3) is 10.9 Å². The lowest BCUT2D eigenvalue weighted by atomic mass is 10.2. The van der Waals surface area contributed by atoms with Gasteiger partial charge in [-0.2, -0.15) is 0 Å². The number of hydrogen-bond donors (Lipinski definition) is 2. The highest BCUT2D eigenvalue weighted by molar-refractivity contribution is 7.89. The molecule has 0 unspecified atom stereocenters. The highest BCUT2D eigenvalue weighted by Crippen LogP contribution is 2.37. The average molecular weight is 454 g/mol. The molecule has 0 aliphatic carbocycles. The maximum Gasteiger partial charge on any atom is 0.258 e. The van der Waals surface area contributed by atoms with E-state index in [1.807, 2.05) is 19.1 Å². The molecule has 0 aliphatic heterocycles. The summed E-state index contributed by atoms with van der Waals surface area (Å²) in [6, 6.07) is 11.1. The van der Waals surface area contributed by atoms with Crippen LogP contribution in [0.1, 0.15) is 11.3 Å². The normalized spacial score (nSPS) is 11.4. The molecule has 10 heteroatoms. The van der Waals surface area contributed by atoms with Gasteiger partial charge in [0.25, 0.3) is 5.91 Å². The van der Waals surface area contributed by atoms with Gasteiger partial charge in [0.15, 0.2) is 12.4 Å². The van der Waals surface area contributed by atoms with Gasteiger partial charge >= 0.3 is 0 Å². The van der Waals surface area contributed by atoms with E-state index < -0.39 is 10.0 Å². The number of benzene rings is 2. The number of rotatable bonds is 6. The summed E-state index contributed by atoms with van der Waals surface area (Å²) < 4.78 is 28.1. The lowest BCUT2D eigenvalue weighted by molar-refractivity contribution is -0.123. The fraction of sp³-hybridized carbons (Fsp3) is 0.158. The number of hydrogen-bond acceptors (Lipinski definition) is 5. The van der Waals surface area contributed by atoms with Crippen LogP contribution in [0.3, 0.4) is 0 Å². The van der Waals surface area contributed by atoms with Gasteiger partial charge < -0.3 is 10.1 Å². The number of fused-ring (bicyclic) bond motifs is 1. The van der Waals surface area contributed by atoms with Crippen molar-refractivity contribution in [3.05, 3.63) is 63.8 Å². The Balaban J connectivity index is 1.66. The van der Waals surface area contributed by atoms with E-state index in [2.05, 4.69) is 10.3 Å². The number of primary sulfonamides is 1. The molecule has 0 saturated heterocycles. The summed E-state index contributed by atoms with van der Waals surface area (Å²) in [6.07, 6.45) is 0. The Morgan fingerprint density at radius 1 is 1.14 bits per heavy atom. The van der Waals surface area contributed by atoms with E-state index in [1.165, 1.54) is 12.1 Å². The van der Waals surface area contributed by atoms with Crippen molar-refractivity contribution in [2.24, 2.45) is 5.14 Å². The highest BCUT2D eigenvalue weighted by atomic mass is 35.5. The monoisotopic (exact) mass is 453 g/mol. The predicted octanol–water partition coefficient (Wildman–Crippen LogP) is 3.19. The van der Waals surface area contributed by atoms with Crippen LogP contribution in [0.4, 0.5) is 0 Å². The van der Waals surface area contributed by atoms with Crippen LogP contribution in [0.15, 0.2) is 47.4 Å². The molecule has 1 heterocycles. The van der Waals surface area contributed by atoms with Crippen molar-refractivity contribution in [2.75, 3.05) is 6.61 Å². The molecule has 1 aromatic heterocycles. The van der Waals surface area contributed by atoms with E-state index in [1.54, 1.807) is 18.2 Å². The Bertz CT molecular complexity index is 1180. The molecule has 3 rings (SSSR count). The van der Waals surface area contributed by atoms with Crippen molar-refractivity contribution in [3.63, 3.8) is 0 Å². The van der Waals surface area contributed by atoms with Crippen LogP contribution in [-0.4, -0.2) is 25.9 Å². The predicted molar refractivity (Wildman–Crippen MR) is 112 cm³/mol. The number of nitrogens with two attached hydrogens (primary N) is 1. The number of aryl methyl sites for hydroxylation is 1. The zero-order valence-electron chi connectivity index (χ0n) is 15.3. The fourth-order valence-corrected chi connectivity index (χ4v) is 3.70. The smallest absolute Gasteiger partial charge is 0.258 e. The number of aromatic nitrogens is 1. The van der Waals surface area contributed by atoms with Crippen molar-refractivity contribution < 1.29 is 17.9 Å². The maximum absolute atomic E-state index is 12.2. The van der Waals surface area contributed by atoms with Crippen LogP contribution in [0, 0.1) is 6.92 Å². The molecule has 3 aromatic rings. The first kappa shape index (κ1) is 21.3. The van der Waals surface area contributed by atoms with Gasteiger partial charge in [0.2, 0.25) is 10.0 Å². The van der Waals surface area contributed by atoms with Gasteiger partial charge in [0.1, 0.15) is 5.52 Å². The number of carbonyl (C=O) groups is 1. The Morgan fingerprint density at radius 3 is 2.48 bits per heavy atom. The maximum atomic E-state index is 12.2. The second kappa shape index (κ2) is 8.54. The molecule has 152 valence electrons. The summed E-state index contributed by atoms with van der Waals surface area (Å²) in [6.45, 7) is 1.74. The molecule has 0 bridgehead atoms. The number of pyridine rings is 1. The van der Waals surface area contributed by atoms with Crippen LogP contribution >= 0.6 is 23.2 Å². The van der Waals surface area contributed by atoms with Crippen molar-refractivity contribution in [3.8, 4) is 5.75 Å². The second-order valence-corrected chi connectivity index (χ2v) is 8.65. The van der Waals surface area contributed by atoms with E-state index in [0.717, 1.165) is 5.69 Å². The molecule has 0 atom stereocenters. The molecule has 1 amide bonds. The minimum Gasteiger partial charge on any atom is -0.480 e. The van der Waals surface area contributed by atoms with Gasteiger partial charge in [-0.25, -0.2) is 18.5 Å². The molecule has 0 fully saturated rings. The number of ether oxygens (including phenoxy) is 1. The number of nitrogens with zero attached hydrogens (tertiary/aromatic N) is 1. The average Bonchev–Trinajstić information content (AvgIpc) is 2.65. The van der Waals surface area contributed by atoms with E-state index in [9.17, 15) is 13.2 Å². The topological polar surface area (TPSA) is 111 Å². The zero-order valence-corrected chi connectivity index (χ0v) is 17.6. The van der Waals surface area contributed by atoms with E-state index >= 15 is 0 Å². The van der Waals surface area contributed by atoms with Gasteiger partial charge in [-0.1, -0.05) is 35.3 Å². The third kappa shape index (κ3) is 5.16. The molecule has 7 nitrogen and oxygen atoms in total. The first-order chi connectivity index (χ1) is 13.6. The van der Waals surface area contributed by atoms with Crippen LogP contribution < -0.4 is 15.2 Å². The lowest BCUT2D eigenvalue weighted by Crippen LogP contribution is -2.28. The summed E-state index contributed by atoms with van der Waals surface area (Å²) in [5.74, 6) is -0.102. The van der Waals surface area contributed by atoms with E-state index in [0.29, 0.717) is 21.5 Å². The quantitative estimate of drug-likeness (QED) is 0.594. The molecule has 29 heavy (non-hydrogen) atoms. The molecule has 0 radical (unpaired) electrons. The summed E-state index contributed by atoms with van der Waals surface area (Å²) >= 11 is 12.4. The van der Waals surface area contributed by atoms with Gasteiger partial charge in [-0.3, -0.25) is 4.79 Å². The van der Waals surface area contributed by atoms with Gasteiger partial charge in [-0.05, 0) is 42.8 Å². The number of amides is 1. The summed E-state index contributed by atoms with van der Waals surface area (Å²) in [5, 5.41) is 9.11. The number of halogens is 2. The SMILES string of the molecule is Cc1ccc2c(Cl)cc(Cl)c(OCC(=O)NCc3ccc(S(N)(=O)=O)cc3)c2n1. The Hall–Kier alpha value is -2.39. The van der Waals surface area contributed by atoms with E-state index in [-0.39, 0.29) is 34.7 Å². The Morgan fingerprint density at radius 2 is 1.83 bits per heavy atom. The summed E-state index contributed by atoms with van der Waals surface area (Å²) in [5.41, 5.74) is 1.94. The minimum atomic E-state index is -3.75. The Kier molecular flexibility index (Phi) is 6.28. The standard InChI is InChI=1S/C19H17Cl2N3O4S/c1-11-2-7-14-15(20)8-16(21)19(18(14)24-11)28-10-17(25)23-9-12-3-5-13(6-4-12)29(22,26)27/h2-8H,9-10H2,1H3,(H,23,25)(H2,22,26,27). The molecular formula is C19H17Cl2N3O4S. The zero-order chi connectivity index (χ0) is 21.2. The lowest BCUT2D eigenvalue weighted by Gasteiger charge is -2.12. The molecular weight excluding hydrogens is 437 g/mol. The van der Waals surface area contributed by atoms with Crippen LogP contribution in [-0.2, 0) is 21.4 Å². The molecule has 2 aromatic carbocycles. The van der Waals surface area contributed by atoms with Crippen molar-refractivity contribution >= 4 is 50.0 Å². The van der Waals surface area contributed by atoms with Gasteiger partial charge in [0.05, 0.1) is 14.9 Å². The summed E-state index contributed by atoms with van der Waals surface area (Å²) in [4.78, 5) is 16.6. The van der Waals surface area contributed by atoms with Crippen molar-refractivity contribution in [2.45, 2.75) is 18.4 Å². The fourth-order valence-electron chi connectivity index (χ4n) is 2.61. The van der Waals surface area contributed by atoms with E-state index in [4.69, 9.17) is 33.1 Å². The minimum absolute atomic E-state index is 0.00274. The summed E-state index contributed by atoms with van der Waals surface area (Å²) in [7, 11) is -3.75. The largest absolute Gasteiger partial charge is 0.480 e. The molecule has 3 N–H and O–H groups in total. The third-order valence-electron chi connectivity index (χ3n) is 4.07. The molecule has 0 spiro atoms. The first-order valence-corrected chi connectivity index (χ1v) is 10.7. The second-order valence-electron chi connectivity index (χ2n) is 6.27. The third-order valence-corrected chi connectivity index (χ3v) is 5.59. The highest BCUT2D eigenvalue weighted by Gasteiger charge is 2.15. The van der Waals surface area contributed by atoms with Crippen molar-refractivity contribution in [1.29, 1.82) is 0 Å². The van der Waals surface area contributed by atoms with Crippen LogP contribution in [0.5, 0.6) is 5.75 Å². The van der Waals surface area contributed by atoms with Gasteiger partial charge in [-0.15, -0.1) is 0 Å². The van der Waals surface area contributed by atoms with Gasteiger partial charge in [0, 0.05) is 17.6 Å². The van der Waals surface area contributed by atoms with Crippen molar-refractivity contribution in [1.82, 2.24) is 10.3 Å². The van der Waals surface area contributed by atoms with Crippen LogP contribution in [0.2, 0.25) is 10.0 Å². The Labute approximate surface area is 177 Å². The molecule has 0 aliphatic rings. The number of carbonyl (C=O) groups excluding carboxylic acids is 1. The number of sulfonamides is 1. The number of nitrogens with one attached hydrogen (secondary N) is 1. The first-order valence-electron chi connectivity index (χ1n) is 8.42.